The van der Waals surface area contributed by atoms with E-state index >= 15 is 0 Å². The minimum Gasteiger partial charge on any atom is -0.386 e. The van der Waals surface area contributed by atoms with Crippen LogP contribution in [-0.4, -0.2) is 44.6 Å². The van der Waals surface area contributed by atoms with Crippen molar-refractivity contribution in [3.63, 3.8) is 0 Å². The van der Waals surface area contributed by atoms with Crippen molar-refractivity contribution in [2.45, 2.75) is 6.55 Å². The Morgan fingerprint density at radius 3 is 1.67 bits per heavy atom. The highest BCUT2D eigenvalue weighted by Crippen LogP contribution is 2.04. The van der Waals surface area contributed by atoms with E-state index < -0.39 is 8.72 Å². The molecule has 5 heteroatoms. The Morgan fingerprint density at radius 2 is 1.67 bits per heavy atom. The molecule has 0 unspecified atom stereocenters. The normalized spacial score (nSPS) is 13.0. The molecule has 0 aromatic carbocycles. The fourth-order valence-electron chi connectivity index (χ4n) is 0.448. The van der Waals surface area contributed by atoms with Crippen LogP contribution in [-0.2, 0) is 8.85 Å². The first-order valence-corrected chi connectivity index (χ1v) is 6.00. The minimum atomic E-state index is -1.88. The maximum absolute atomic E-state index is 5.23. The summed E-state index contributed by atoms with van der Waals surface area (Å²) in [4.78, 5) is 0. The number of rotatable bonds is 3. The van der Waals surface area contributed by atoms with E-state index in [0.717, 1.165) is 10.4 Å². The Hall–Kier alpha value is 0.314. The number of hydrogen-bond acceptors (Lipinski definition) is 3. The Morgan fingerprint density at radius 1 is 1.33 bits per heavy atom. The van der Waals surface area contributed by atoms with Gasteiger partial charge in [-0.15, -0.1) is 0 Å². The molecular formula is C4H15NO2Si2. The lowest BCUT2D eigenvalue weighted by Gasteiger charge is -2.29. The van der Waals surface area contributed by atoms with Gasteiger partial charge in [-0.1, -0.05) is 0 Å². The largest absolute Gasteiger partial charge is 0.416 e. The van der Waals surface area contributed by atoms with Crippen molar-refractivity contribution < 1.29 is 8.85 Å². The summed E-state index contributed by atoms with van der Waals surface area (Å²) in [6, 6.07) is 0. The maximum Gasteiger partial charge on any atom is 0.416 e. The van der Waals surface area contributed by atoms with Gasteiger partial charge in [0.1, 0.15) is 0 Å². The second kappa shape index (κ2) is 3.47. The molecule has 0 atom stereocenters. The van der Waals surface area contributed by atoms with Crippen molar-refractivity contribution >= 4 is 19.1 Å². The van der Waals surface area contributed by atoms with Gasteiger partial charge in [0, 0.05) is 14.2 Å². The molecule has 0 aromatic rings. The highest BCUT2D eigenvalue weighted by molar-refractivity contribution is 6.67. The van der Waals surface area contributed by atoms with Gasteiger partial charge in [0.05, 0.1) is 10.4 Å². The summed E-state index contributed by atoms with van der Waals surface area (Å²) in [6.45, 7) is 2.03. The molecule has 0 bridgehead atoms. The van der Waals surface area contributed by atoms with Crippen LogP contribution in [0.5, 0.6) is 0 Å². The first-order chi connectivity index (χ1) is 4.06. The van der Waals surface area contributed by atoms with Crippen LogP contribution in [0.1, 0.15) is 0 Å². The van der Waals surface area contributed by atoms with Crippen LogP contribution in [0.25, 0.3) is 0 Å². The highest BCUT2D eigenvalue weighted by atomic mass is 28.4. The van der Waals surface area contributed by atoms with E-state index in [9.17, 15) is 0 Å². The van der Waals surface area contributed by atoms with E-state index in [1.54, 1.807) is 14.2 Å². The van der Waals surface area contributed by atoms with Crippen molar-refractivity contribution in [2.75, 3.05) is 21.3 Å². The van der Waals surface area contributed by atoms with E-state index in [-0.39, 0.29) is 0 Å². The fourth-order valence-corrected chi connectivity index (χ4v) is 2.44. The average molecular weight is 165 g/mol. The maximum atomic E-state index is 5.23. The molecule has 0 spiro atoms. The third kappa shape index (κ3) is 2.19. The first-order valence-electron chi connectivity index (χ1n) is 2.84. The van der Waals surface area contributed by atoms with Crippen molar-refractivity contribution in [1.29, 1.82) is 0 Å². The smallest absolute Gasteiger partial charge is 0.386 e. The van der Waals surface area contributed by atoms with Crippen LogP contribution in [0.4, 0.5) is 0 Å². The Bertz CT molecular complexity index is 84.6. The predicted molar refractivity (Wildman–Crippen MR) is 43.3 cm³/mol. The van der Waals surface area contributed by atoms with Crippen LogP contribution >= 0.6 is 0 Å². The van der Waals surface area contributed by atoms with Crippen LogP contribution < -0.4 is 0 Å². The summed E-state index contributed by atoms with van der Waals surface area (Å²) in [5.74, 6) is 0. The SMILES string of the molecule is CO[Si](C)(OC)N(C)[SiH3]. The second-order valence-electron chi connectivity index (χ2n) is 2.20. The molecular weight excluding hydrogens is 150 g/mol. The molecule has 0 aliphatic carbocycles. The Kier molecular flexibility index (Phi) is 3.60. The molecule has 0 aromatic heterocycles. The molecule has 3 nitrogen and oxygen atoms in total. The van der Waals surface area contributed by atoms with Crippen molar-refractivity contribution in [2.24, 2.45) is 0 Å². The summed E-state index contributed by atoms with van der Waals surface area (Å²) in [5, 5.41) is 0. The fraction of sp³-hybridized carbons (Fsp3) is 1.00. The molecule has 0 saturated carbocycles. The molecule has 0 N–H and O–H groups in total. The van der Waals surface area contributed by atoms with Gasteiger partial charge >= 0.3 is 8.72 Å². The van der Waals surface area contributed by atoms with Gasteiger partial charge in [-0.25, -0.2) is 0 Å². The van der Waals surface area contributed by atoms with Gasteiger partial charge in [0.2, 0.25) is 0 Å². The van der Waals surface area contributed by atoms with Crippen LogP contribution in [0, 0.1) is 0 Å². The zero-order valence-electron chi connectivity index (χ0n) is 6.76. The van der Waals surface area contributed by atoms with E-state index in [4.69, 9.17) is 8.85 Å². The predicted octanol–water partition coefficient (Wildman–Crippen LogP) is -0.940. The summed E-state index contributed by atoms with van der Waals surface area (Å²) < 4.78 is 12.6. The van der Waals surface area contributed by atoms with E-state index in [1.807, 2.05) is 13.6 Å². The zero-order chi connectivity index (χ0) is 7.49. The average Bonchev–Trinajstić information content (AvgIpc) is 1.86. The third-order valence-electron chi connectivity index (χ3n) is 1.57. The van der Waals surface area contributed by atoms with E-state index in [0.29, 0.717) is 0 Å². The summed E-state index contributed by atoms with van der Waals surface area (Å²) in [6.07, 6.45) is 0. The first kappa shape index (κ1) is 9.31. The highest BCUT2D eigenvalue weighted by Gasteiger charge is 2.31. The van der Waals surface area contributed by atoms with Crippen LogP contribution in [0.3, 0.4) is 0 Å². The molecule has 0 radical (unpaired) electrons. The number of hydrogen-bond donors (Lipinski definition) is 0. The quantitative estimate of drug-likeness (QED) is 0.504. The third-order valence-corrected chi connectivity index (χ3v) is 7.15. The van der Waals surface area contributed by atoms with Gasteiger partial charge < -0.3 is 13.1 Å². The summed E-state index contributed by atoms with van der Waals surface area (Å²) in [7, 11) is 4.53. The topological polar surface area (TPSA) is 21.7 Å². The molecule has 56 valence electrons. The Labute approximate surface area is 60.8 Å². The van der Waals surface area contributed by atoms with Gasteiger partial charge in [-0.3, -0.25) is 0 Å². The molecule has 0 amide bonds. The lowest BCUT2D eigenvalue weighted by molar-refractivity contribution is 0.214. The molecule has 0 aliphatic rings. The Balaban J connectivity index is 3.92. The summed E-state index contributed by atoms with van der Waals surface area (Å²) >= 11 is 0. The van der Waals surface area contributed by atoms with Crippen molar-refractivity contribution in [1.82, 2.24) is 4.23 Å². The van der Waals surface area contributed by atoms with Crippen molar-refractivity contribution in [3.8, 4) is 0 Å². The molecule has 0 saturated heterocycles. The zero-order valence-corrected chi connectivity index (χ0v) is 9.76. The van der Waals surface area contributed by atoms with Gasteiger partial charge in [0.25, 0.3) is 0 Å². The second-order valence-corrected chi connectivity index (χ2v) is 7.94. The van der Waals surface area contributed by atoms with Crippen LogP contribution in [0.2, 0.25) is 6.55 Å². The van der Waals surface area contributed by atoms with Crippen LogP contribution in [0.15, 0.2) is 0 Å². The molecule has 0 fully saturated rings. The van der Waals surface area contributed by atoms with Crippen molar-refractivity contribution in [3.05, 3.63) is 0 Å². The minimum absolute atomic E-state index is 0.991. The monoisotopic (exact) mass is 165 g/mol. The molecule has 0 rings (SSSR count). The van der Waals surface area contributed by atoms with Gasteiger partial charge in [-0.2, -0.15) is 0 Å². The molecule has 0 heterocycles. The molecule has 0 aliphatic heterocycles. The summed E-state index contributed by atoms with van der Waals surface area (Å²) in [5.41, 5.74) is 0. The van der Waals surface area contributed by atoms with E-state index in [1.165, 1.54) is 0 Å². The van der Waals surface area contributed by atoms with Gasteiger partial charge in [-0.05, 0) is 13.6 Å². The standard InChI is InChI=1S/C4H15NO2Si2/c1-5(8)9(4,6-2)7-3/h1-4,8H3. The number of nitrogens with zero attached hydrogens (tertiary/aromatic N) is 1. The van der Waals surface area contributed by atoms with Gasteiger partial charge in [0.15, 0.2) is 0 Å². The lowest BCUT2D eigenvalue weighted by atomic mass is 11.6. The van der Waals surface area contributed by atoms with E-state index in [2.05, 4.69) is 4.23 Å². The molecule has 9 heavy (non-hydrogen) atoms. The lowest BCUT2D eigenvalue weighted by Crippen LogP contribution is -2.51.